The van der Waals surface area contributed by atoms with Crippen molar-refractivity contribution in [2.45, 2.75) is 59.5 Å². The molecule has 0 fully saturated rings. The third-order valence-electron chi connectivity index (χ3n) is 3.20. The predicted octanol–water partition coefficient (Wildman–Crippen LogP) is 5.08. The molecule has 0 aliphatic heterocycles. The maximum atomic E-state index is 12.4. The SMILES string of the molecule is CCC/C=C(\OC(=O)N(C(C)C)C(C)C)c1ccccc1. The van der Waals surface area contributed by atoms with E-state index in [1.807, 2.05) is 64.1 Å². The Morgan fingerprint density at radius 1 is 1.14 bits per heavy atom. The standard InChI is InChI=1S/C18H27NO2/c1-6-7-13-17(16-11-9-8-10-12-16)21-18(20)19(14(2)3)15(4)5/h8-15H,6-7H2,1-5H3/b17-13-. The van der Waals surface area contributed by atoms with E-state index in [1.54, 1.807) is 4.90 Å². The van der Waals surface area contributed by atoms with Gasteiger partial charge in [-0.05, 0) is 40.2 Å². The average Bonchev–Trinajstić information content (AvgIpc) is 2.43. The topological polar surface area (TPSA) is 29.5 Å². The highest BCUT2D eigenvalue weighted by Gasteiger charge is 2.23. The Labute approximate surface area is 128 Å². The van der Waals surface area contributed by atoms with Crippen LogP contribution in [-0.4, -0.2) is 23.1 Å². The van der Waals surface area contributed by atoms with Gasteiger partial charge in [0, 0.05) is 17.6 Å². The molecule has 1 rings (SSSR count). The van der Waals surface area contributed by atoms with Crippen LogP contribution >= 0.6 is 0 Å². The van der Waals surface area contributed by atoms with Gasteiger partial charge in [0.1, 0.15) is 5.76 Å². The van der Waals surface area contributed by atoms with Crippen LogP contribution < -0.4 is 0 Å². The highest BCUT2D eigenvalue weighted by atomic mass is 16.6. The Morgan fingerprint density at radius 2 is 1.71 bits per heavy atom. The summed E-state index contributed by atoms with van der Waals surface area (Å²) in [6.07, 6.45) is 3.62. The lowest BCUT2D eigenvalue weighted by Gasteiger charge is -2.30. The molecule has 0 aliphatic carbocycles. The average molecular weight is 289 g/mol. The molecular formula is C18H27NO2. The van der Waals surface area contributed by atoms with Crippen molar-refractivity contribution in [3.05, 3.63) is 42.0 Å². The molecule has 0 aliphatic rings. The number of benzene rings is 1. The molecule has 1 aromatic carbocycles. The van der Waals surface area contributed by atoms with Gasteiger partial charge in [0.2, 0.25) is 0 Å². The van der Waals surface area contributed by atoms with E-state index in [2.05, 4.69) is 6.92 Å². The van der Waals surface area contributed by atoms with Gasteiger partial charge in [-0.2, -0.15) is 0 Å². The van der Waals surface area contributed by atoms with Crippen molar-refractivity contribution < 1.29 is 9.53 Å². The lowest BCUT2D eigenvalue weighted by molar-refractivity contribution is 0.114. The molecule has 3 heteroatoms. The van der Waals surface area contributed by atoms with Gasteiger partial charge in [-0.25, -0.2) is 4.79 Å². The maximum Gasteiger partial charge on any atom is 0.415 e. The number of carbonyl (C=O) groups excluding carboxylic acids is 1. The molecule has 116 valence electrons. The summed E-state index contributed by atoms with van der Waals surface area (Å²) in [5, 5.41) is 0. The van der Waals surface area contributed by atoms with Crippen LogP contribution in [0.15, 0.2) is 36.4 Å². The molecule has 0 saturated carbocycles. The second-order valence-electron chi connectivity index (χ2n) is 5.69. The quantitative estimate of drug-likeness (QED) is 0.683. The predicted molar refractivity (Wildman–Crippen MR) is 87.9 cm³/mol. The third kappa shape index (κ3) is 5.25. The van der Waals surface area contributed by atoms with Crippen LogP contribution in [0.2, 0.25) is 0 Å². The van der Waals surface area contributed by atoms with Crippen molar-refractivity contribution in [3.63, 3.8) is 0 Å². The van der Waals surface area contributed by atoms with Crippen molar-refractivity contribution in [1.29, 1.82) is 0 Å². The Morgan fingerprint density at radius 3 is 2.19 bits per heavy atom. The zero-order valence-electron chi connectivity index (χ0n) is 13.8. The zero-order chi connectivity index (χ0) is 15.8. The first-order valence-electron chi connectivity index (χ1n) is 7.73. The van der Waals surface area contributed by atoms with E-state index in [9.17, 15) is 4.79 Å². The number of rotatable bonds is 6. The normalized spacial score (nSPS) is 11.9. The first-order valence-corrected chi connectivity index (χ1v) is 7.73. The van der Waals surface area contributed by atoms with Gasteiger partial charge in [0.25, 0.3) is 0 Å². The number of allylic oxidation sites excluding steroid dienone is 1. The van der Waals surface area contributed by atoms with Gasteiger partial charge < -0.3 is 9.64 Å². The van der Waals surface area contributed by atoms with E-state index in [-0.39, 0.29) is 18.2 Å². The smallest absolute Gasteiger partial charge is 0.410 e. The van der Waals surface area contributed by atoms with Gasteiger partial charge >= 0.3 is 6.09 Å². The van der Waals surface area contributed by atoms with E-state index >= 15 is 0 Å². The first-order chi connectivity index (χ1) is 9.97. The molecule has 0 heterocycles. The maximum absolute atomic E-state index is 12.4. The number of amides is 1. The lowest BCUT2D eigenvalue weighted by atomic mass is 10.1. The van der Waals surface area contributed by atoms with Crippen molar-refractivity contribution in [2.24, 2.45) is 0 Å². The van der Waals surface area contributed by atoms with Crippen molar-refractivity contribution in [3.8, 4) is 0 Å². The highest BCUT2D eigenvalue weighted by molar-refractivity contribution is 5.77. The molecular weight excluding hydrogens is 262 g/mol. The number of carbonyl (C=O) groups is 1. The van der Waals surface area contributed by atoms with Crippen molar-refractivity contribution in [2.75, 3.05) is 0 Å². The number of ether oxygens (including phenoxy) is 1. The second kappa shape index (κ2) is 8.50. The summed E-state index contributed by atoms with van der Waals surface area (Å²) in [4.78, 5) is 14.2. The van der Waals surface area contributed by atoms with Crippen LogP contribution in [0.5, 0.6) is 0 Å². The number of hydrogen-bond acceptors (Lipinski definition) is 2. The summed E-state index contributed by atoms with van der Waals surface area (Å²) in [6.45, 7) is 10.1. The molecule has 21 heavy (non-hydrogen) atoms. The summed E-state index contributed by atoms with van der Waals surface area (Å²) in [7, 11) is 0. The van der Waals surface area contributed by atoms with Crippen LogP contribution in [0.1, 0.15) is 53.0 Å². The van der Waals surface area contributed by atoms with E-state index < -0.39 is 0 Å². The molecule has 1 amide bonds. The fraction of sp³-hybridized carbons (Fsp3) is 0.500. The van der Waals surface area contributed by atoms with Crippen LogP contribution in [0.4, 0.5) is 4.79 Å². The molecule has 0 atom stereocenters. The van der Waals surface area contributed by atoms with Crippen LogP contribution in [0.3, 0.4) is 0 Å². The molecule has 0 spiro atoms. The molecule has 0 radical (unpaired) electrons. The molecule has 0 unspecified atom stereocenters. The summed E-state index contributed by atoms with van der Waals surface area (Å²) < 4.78 is 5.67. The summed E-state index contributed by atoms with van der Waals surface area (Å²) in [5.41, 5.74) is 0.937. The number of hydrogen-bond donors (Lipinski definition) is 0. The summed E-state index contributed by atoms with van der Waals surface area (Å²) >= 11 is 0. The molecule has 0 aromatic heterocycles. The number of unbranched alkanes of at least 4 members (excludes halogenated alkanes) is 1. The van der Waals surface area contributed by atoms with Gasteiger partial charge in [0.15, 0.2) is 0 Å². The molecule has 1 aromatic rings. The van der Waals surface area contributed by atoms with Gasteiger partial charge in [-0.15, -0.1) is 0 Å². The Kier molecular flexibility index (Phi) is 7.00. The van der Waals surface area contributed by atoms with E-state index in [0.29, 0.717) is 5.76 Å². The van der Waals surface area contributed by atoms with Gasteiger partial charge in [-0.1, -0.05) is 43.7 Å². The summed E-state index contributed by atoms with van der Waals surface area (Å²) in [6, 6.07) is 10.0. The third-order valence-corrected chi connectivity index (χ3v) is 3.20. The minimum Gasteiger partial charge on any atom is -0.410 e. The van der Waals surface area contributed by atoms with E-state index in [1.165, 1.54) is 0 Å². The van der Waals surface area contributed by atoms with Gasteiger partial charge in [-0.3, -0.25) is 0 Å². The molecule has 0 bridgehead atoms. The molecule has 0 saturated heterocycles. The minimum atomic E-state index is -0.286. The van der Waals surface area contributed by atoms with Gasteiger partial charge in [0.05, 0.1) is 0 Å². The van der Waals surface area contributed by atoms with Crippen LogP contribution in [0, 0.1) is 0 Å². The number of nitrogens with zero attached hydrogens (tertiary/aromatic N) is 1. The highest BCUT2D eigenvalue weighted by Crippen LogP contribution is 2.20. The van der Waals surface area contributed by atoms with E-state index in [0.717, 1.165) is 18.4 Å². The fourth-order valence-corrected chi connectivity index (χ4v) is 2.26. The molecule has 3 nitrogen and oxygen atoms in total. The minimum absolute atomic E-state index is 0.112. The fourth-order valence-electron chi connectivity index (χ4n) is 2.26. The largest absolute Gasteiger partial charge is 0.415 e. The second-order valence-corrected chi connectivity index (χ2v) is 5.69. The Balaban J connectivity index is 2.94. The van der Waals surface area contributed by atoms with Crippen molar-refractivity contribution >= 4 is 11.9 Å². The Bertz CT molecular complexity index is 455. The monoisotopic (exact) mass is 289 g/mol. The van der Waals surface area contributed by atoms with Crippen LogP contribution in [-0.2, 0) is 4.74 Å². The first kappa shape index (κ1) is 17.3. The summed E-state index contributed by atoms with van der Waals surface area (Å²) in [5.74, 6) is 0.647. The van der Waals surface area contributed by atoms with Crippen molar-refractivity contribution in [1.82, 2.24) is 4.90 Å². The van der Waals surface area contributed by atoms with E-state index in [4.69, 9.17) is 4.74 Å². The van der Waals surface area contributed by atoms with Crippen LogP contribution in [0.25, 0.3) is 5.76 Å². The Hall–Kier alpha value is -1.77. The lowest BCUT2D eigenvalue weighted by Crippen LogP contribution is -2.42. The zero-order valence-corrected chi connectivity index (χ0v) is 13.8. The molecule has 0 N–H and O–H groups in total.